The van der Waals surface area contributed by atoms with Crippen LogP contribution in [0.15, 0.2) is 18.9 Å². The van der Waals surface area contributed by atoms with Crippen molar-refractivity contribution < 1.29 is 0 Å². The largest absolute Gasteiger partial charge is 0.362 e. The molecule has 0 saturated carbocycles. The number of aromatic amines is 1. The standard InChI is InChI=1S/C9H10N8/c1-17-5-14-15-7(17)3-10-8-6-2-13-16-9(6)12-4-11-8/h2,4-5H,3H2,1H3,(H2,10,11,12,13,16). The lowest BCUT2D eigenvalue weighted by molar-refractivity contribution is 0.810. The molecule has 0 amide bonds. The van der Waals surface area contributed by atoms with Crippen LogP contribution >= 0.6 is 0 Å². The monoisotopic (exact) mass is 230 g/mol. The van der Waals surface area contributed by atoms with Crippen molar-refractivity contribution in [3.8, 4) is 0 Å². The molecule has 2 N–H and O–H groups in total. The van der Waals surface area contributed by atoms with Crippen LogP contribution in [0, 0.1) is 0 Å². The van der Waals surface area contributed by atoms with Crippen molar-refractivity contribution in [2.75, 3.05) is 5.32 Å². The lowest BCUT2D eigenvalue weighted by Crippen LogP contribution is -2.07. The molecule has 3 aromatic heterocycles. The summed E-state index contributed by atoms with van der Waals surface area (Å²) in [5.41, 5.74) is 0.709. The van der Waals surface area contributed by atoms with Gasteiger partial charge in [0.1, 0.15) is 18.5 Å². The highest BCUT2D eigenvalue weighted by molar-refractivity contribution is 5.85. The molecule has 0 spiro atoms. The van der Waals surface area contributed by atoms with E-state index in [4.69, 9.17) is 0 Å². The molecular weight excluding hydrogens is 220 g/mol. The second-order valence-electron chi connectivity index (χ2n) is 3.57. The van der Waals surface area contributed by atoms with Crippen LogP contribution in [0.1, 0.15) is 5.82 Å². The van der Waals surface area contributed by atoms with E-state index in [1.807, 2.05) is 11.6 Å². The fourth-order valence-corrected chi connectivity index (χ4v) is 1.54. The first-order chi connectivity index (χ1) is 8.34. The third-order valence-corrected chi connectivity index (χ3v) is 2.47. The van der Waals surface area contributed by atoms with Gasteiger partial charge in [0.2, 0.25) is 0 Å². The van der Waals surface area contributed by atoms with Gasteiger partial charge in [0.15, 0.2) is 11.5 Å². The number of rotatable bonds is 3. The van der Waals surface area contributed by atoms with Gasteiger partial charge in [0.25, 0.3) is 0 Å². The number of hydrogen-bond donors (Lipinski definition) is 2. The Balaban J connectivity index is 1.86. The predicted octanol–water partition coefficient (Wildman–Crippen LogP) is 0.0935. The Kier molecular flexibility index (Phi) is 2.18. The van der Waals surface area contributed by atoms with Crippen LogP contribution in [-0.2, 0) is 13.6 Å². The van der Waals surface area contributed by atoms with Crippen LogP contribution in [0.4, 0.5) is 5.82 Å². The van der Waals surface area contributed by atoms with Crippen molar-refractivity contribution in [2.24, 2.45) is 7.05 Å². The van der Waals surface area contributed by atoms with E-state index in [1.54, 1.807) is 12.5 Å². The molecule has 0 bridgehead atoms. The number of nitrogens with one attached hydrogen (secondary N) is 2. The quantitative estimate of drug-likeness (QED) is 0.662. The van der Waals surface area contributed by atoms with Crippen LogP contribution in [0.2, 0.25) is 0 Å². The second kappa shape index (κ2) is 3.81. The molecule has 0 aliphatic rings. The minimum Gasteiger partial charge on any atom is -0.362 e. The number of fused-ring (bicyclic) bond motifs is 1. The van der Waals surface area contributed by atoms with Gasteiger partial charge in [0, 0.05) is 7.05 Å². The first-order valence-electron chi connectivity index (χ1n) is 5.05. The highest BCUT2D eigenvalue weighted by Gasteiger charge is 2.06. The van der Waals surface area contributed by atoms with Crippen molar-refractivity contribution in [2.45, 2.75) is 6.54 Å². The molecule has 0 atom stereocenters. The highest BCUT2D eigenvalue weighted by Crippen LogP contribution is 2.16. The zero-order chi connectivity index (χ0) is 11.7. The predicted molar refractivity (Wildman–Crippen MR) is 60.0 cm³/mol. The third kappa shape index (κ3) is 1.69. The zero-order valence-corrected chi connectivity index (χ0v) is 9.12. The van der Waals surface area contributed by atoms with E-state index in [0.717, 1.165) is 17.0 Å². The van der Waals surface area contributed by atoms with Gasteiger partial charge in [0.05, 0.1) is 18.1 Å². The van der Waals surface area contributed by atoms with E-state index >= 15 is 0 Å². The molecule has 0 aliphatic heterocycles. The van der Waals surface area contributed by atoms with E-state index < -0.39 is 0 Å². The fraction of sp³-hybridized carbons (Fsp3) is 0.222. The first kappa shape index (κ1) is 9.70. The summed E-state index contributed by atoms with van der Waals surface area (Å²) >= 11 is 0. The normalized spacial score (nSPS) is 10.9. The Morgan fingerprint density at radius 1 is 1.41 bits per heavy atom. The molecule has 86 valence electrons. The second-order valence-corrected chi connectivity index (χ2v) is 3.57. The Labute approximate surface area is 96.1 Å². The van der Waals surface area contributed by atoms with E-state index in [1.165, 1.54) is 6.33 Å². The van der Waals surface area contributed by atoms with E-state index in [-0.39, 0.29) is 0 Å². The van der Waals surface area contributed by atoms with Gasteiger partial charge in [-0.15, -0.1) is 10.2 Å². The van der Waals surface area contributed by atoms with Gasteiger partial charge in [-0.2, -0.15) is 5.10 Å². The summed E-state index contributed by atoms with van der Waals surface area (Å²) in [6.45, 7) is 0.549. The summed E-state index contributed by atoms with van der Waals surface area (Å²) in [6.07, 6.45) is 4.83. The highest BCUT2D eigenvalue weighted by atomic mass is 15.3. The van der Waals surface area contributed by atoms with E-state index in [0.29, 0.717) is 12.2 Å². The van der Waals surface area contributed by atoms with Crippen LogP contribution in [0.3, 0.4) is 0 Å². The van der Waals surface area contributed by atoms with Gasteiger partial charge < -0.3 is 9.88 Å². The van der Waals surface area contributed by atoms with Crippen molar-refractivity contribution in [1.82, 2.24) is 34.9 Å². The SMILES string of the molecule is Cn1cnnc1CNc1ncnc2[nH]ncc12. The molecule has 3 heterocycles. The zero-order valence-electron chi connectivity index (χ0n) is 9.12. The molecule has 3 aromatic rings. The average molecular weight is 230 g/mol. The first-order valence-corrected chi connectivity index (χ1v) is 5.05. The van der Waals surface area contributed by atoms with Gasteiger partial charge in [-0.3, -0.25) is 5.10 Å². The molecule has 0 radical (unpaired) electrons. The maximum Gasteiger partial charge on any atom is 0.160 e. The third-order valence-electron chi connectivity index (χ3n) is 2.47. The summed E-state index contributed by atoms with van der Waals surface area (Å²) in [5.74, 6) is 1.56. The van der Waals surface area contributed by atoms with E-state index in [2.05, 4.69) is 35.7 Å². The fourth-order valence-electron chi connectivity index (χ4n) is 1.54. The molecule has 8 heteroatoms. The molecule has 0 saturated heterocycles. The number of nitrogens with zero attached hydrogens (tertiary/aromatic N) is 6. The lowest BCUT2D eigenvalue weighted by atomic mass is 10.4. The average Bonchev–Trinajstić information content (AvgIpc) is 2.95. The summed E-state index contributed by atoms with van der Waals surface area (Å²) in [4.78, 5) is 8.23. The molecule has 0 aromatic carbocycles. The number of aryl methyl sites for hydroxylation is 1. The molecule has 3 rings (SSSR count). The Morgan fingerprint density at radius 3 is 3.18 bits per heavy atom. The summed E-state index contributed by atoms with van der Waals surface area (Å²) in [5, 5.41) is 18.5. The van der Waals surface area contributed by atoms with Crippen LogP contribution in [-0.4, -0.2) is 34.9 Å². The van der Waals surface area contributed by atoms with Crippen LogP contribution in [0.5, 0.6) is 0 Å². The maximum atomic E-state index is 4.17. The lowest BCUT2D eigenvalue weighted by Gasteiger charge is -2.04. The summed E-state index contributed by atoms with van der Waals surface area (Å²) in [6, 6.07) is 0. The van der Waals surface area contributed by atoms with Gasteiger partial charge in [-0.1, -0.05) is 0 Å². The van der Waals surface area contributed by atoms with Gasteiger partial charge >= 0.3 is 0 Å². The van der Waals surface area contributed by atoms with Crippen molar-refractivity contribution in [1.29, 1.82) is 0 Å². The molecule has 0 unspecified atom stereocenters. The molecule has 8 nitrogen and oxygen atoms in total. The summed E-state index contributed by atoms with van der Waals surface area (Å²) < 4.78 is 1.85. The number of H-pyrrole nitrogens is 1. The van der Waals surface area contributed by atoms with Crippen molar-refractivity contribution >= 4 is 16.9 Å². The number of aromatic nitrogens is 7. The van der Waals surface area contributed by atoms with Crippen LogP contribution < -0.4 is 5.32 Å². The Bertz CT molecular complexity index is 639. The molecular formula is C9H10N8. The van der Waals surface area contributed by atoms with Gasteiger partial charge in [-0.25, -0.2) is 9.97 Å². The number of hydrogen-bond acceptors (Lipinski definition) is 6. The molecule has 0 aliphatic carbocycles. The van der Waals surface area contributed by atoms with E-state index in [9.17, 15) is 0 Å². The Morgan fingerprint density at radius 2 is 2.35 bits per heavy atom. The van der Waals surface area contributed by atoms with Gasteiger partial charge in [-0.05, 0) is 0 Å². The Hall–Kier alpha value is -2.51. The maximum absolute atomic E-state index is 4.17. The topological polar surface area (TPSA) is 97.2 Å². The number of anilines is 1. The summed E-state index contributed by atoms with van der Waals surface area (Å²) in [7, 11) is 1.89. The smallest absolute Gasteiger partial charge is 0.160 e. The van der Waals surface area contributed by atoms with Crippen LogP contribution in [0.25, 0.3) is 11.0 Å². The minimum atomic E-state index is 0.549. The molecule has 17 heavy (non-hydrogen) atoms. The van der Waals surface area contributed by atoms with Crippen molar-refractivity contribution in [3.63, 3.8) is 0 Å². The molecule has 0 fully saturated rings. The minimum absolute atomic E-state index is 0.549. The van der Waals surface area contributed by atoms with Crippen molar-refractivity contribution in [3.05, 3.63) is 24.7 Å².